The van der Waals surface area contributed by atoms with Crippen LogP contribution in [0.3, 0.4) is 0 Å². The zero-order valence-electron chi connectivity index (χ0n) is 13.4. The number of hydrogen-bond acceptors (Lipinski definition) is 6. The van der Waals surface area contributed by atoms with Crippen LogP contribution < -0.4 is 0 Å². The van der Waals surface area contributed by atoms with Crippen LogP contribution in [0, 0.1) is 0 Å². The summed E-state index contributed by atoms with van der Waals surface area (Å²) < 4.78 is 5.48. The highest BCUT2D eigenvalue weighted by atomic mass is 35.5. The van der Waals surface area contributed by atoms with E-state index in [-0.39, 0.29) is 17.7 Å². The van der Waals surface area contributed by atoms with Crippen LogP contribution in [0.25, 0.3) is 11.1 Å². The van der Waals surface area contributed by atoms with E-state index in [1.54, 1.807) is 6.07 Å². The lowest BCUT2D eigenvalue weighted by atomic mass is 10.3. The number of rotatable bonds is 9. The summed E-state index contributed by atoms with van der Waals surface area (Å²) in [4.78, 5) is 11.5. The average molecular weight is 340 g/mol. The van der Waals surface area contributed by atoms with Gasteiger partial charge in [0, 0.05) is 6.54 Å². The van der Waals surface area contributed by atoms with Crippen molar-refractivity contribution in [3.63, 3.8) is 0 Å². The molecule has 6 nitrogen and oxygen atoms in total. The minimum absolute atomic E-state index is 0.0225. The van der Waals surface area contributed by atoms with Gasteiger partial charge in [0.15, 0.2) is 5.58 Å². The molecule has 0 radical (unpaired) electrons. The third-order valence-electron chi connectivity index (χ3n) is 3.34. The van der Waals surface area contributed by atoms with Crippen molar-refractivity contribution in [2.75, 3.05) is 26.2 Å². The van der Waals surface area contributed by atoms with E-state index < -0.39 is 6.10 Å². The number of benzene rings is 1. The zero-order chi connectivity index (χ0) is 16.7. The van der Waals surface area contributed by atoms with E-state index in [1.807, 2.05) is 18.2 Å². The number of aliphatic hydroxyl groups excluding tert-OH is 1. The molecule has 0 aliphatic rings. The predicted octanol–water partition coefficient (Wildman–Crippen LogP) is 2.84. The number of aliphatic hydroxyl groups is 1. The van der Waals surface area contributed by atoms with Gasteiger partial charge in [-0.05, 0) is 31.6 Å². The second-order valence-corrected chi connectivity index (χ2v) is 5.57. The smallest absolute Gasteiger partial charge is 0.261 e. The highest BCUT2D eigenvalue weighted by molar-refractivity contribution is 6.68. The van der Waals surface area contributed by atoms with Crippen molar-refractivity contribution < 1.29 is 14.4 Å². The van der Waals surface area contributed by atoms with Gasteiger partial charge in [0.2, 0.25) is 5.17 Å². The first kappa shape index (κ1) is 17.7. The van der Waals surface area contributed by atoms with Crippen molar-refractivity contribution in [3.05, 3.63) is 30.2 Å². The van der Waals surface area contributed by atoms with Crippen molar-refractivity contribution in [1.29, 1.82) is 0 Å². The van der Waals surface area contributed by atoms with Crippen LogP contribution >= 0.6 is 11.6 Å². The van der Waals surface area contributed by atoms with E-state index >= 15 is 0 Å². The van der Waals surface area contributed by atoms with Crippen LogP contribution in [0.2, 0.25) is 0 Å². The average Bonchev–Trinajstić information content (AvgIpc) is 2.98. The molecule has 0 fully saturated rings. The monoisotopic (exact) mass is 339 g/mol. The normalized spacial score (nSPS) is 13.7. The maximum Gasteiger partial charge on any atom is 0.261 e. The van der Waals surface area contributed by atoms with Crippen molar-refractivity contribution >= 4 is 27.9 Å². The number of para-hydroxylation sites is 2. The predicted molar refractivity (Wildman–Crippen MR) is 90.8 cm³/mol. The van der Waals surface area contributed by atoms with Crippen LogP contribution in [0.15, 0.2) is 33.8 Å². The van der Waals surface area contributed by atoms with E-state index in [4.69, 9.17) is 20.9 Å². The van der Waals surface area contributed by atoms with Gasteiger partial charge < -0.3 is 19.3 Å². The van der Waals surface area contributed by atoms with Crippen LogP contribution in [-0.2, 0) is 4.84 Å². The summed E-state index contributed by atoms with van der Waals surface area (Å²) in [5, 5.41) is 13.7. The molecule has 0 saturated carbocycles. The number of aromatic nitrogens is 1. The molecule has 1 heterocycles. The molecule has 1 atom stereocenters. The molecule has 1 N–H and O–H groups in total. The number of hydrogen-bond donors (Lipinski definition) is 1. The van der Waals surface area contributed by atoms with Crippen molar-refractivity contribution in [2.45, 2.75) is 26.4 Å². The molecule has 0 spiro atoms. The number of fused-ring (bicyclic) bond motifs is 1. The standard InChI is InChI=1S/C16H22ClN3O3/c1-3-9-20(4-2)10-12(21)11-22-19-15(17)16-18-13-7-5-6-8-14(13)23-16/h5-8,12,21H,3-4,9-11H2,1-2H3/b19-15-. The van der Waals surface area contributed by atoms with Gasteiger partial charge in [-0.1, -0.05) is 42.7 Å². The van der Waals surface area contributed by atoms with Gasteiger partial charge in [-0.25, -0.2) is 4.98 Å². The minimum Gasteiger partial charge on any atom is -0.434 e. The van der Waals surface area contributed by atoms with E-state index in [1.165, 1.54) is 0 Å². The molecule has 7 heteroatoms. The first-order valence-corrected chi connectivity index (χ1v) is 8.13. The fourth-order valence-corrected chi connectivity index (χ4v) is 2.35. The van der Waals surface area contributed by atoms with Gasteiger partial charge in [0.25, 0.3) is 5.89 Å². The third-order valence-corrected chi connectivity index (χ3v) is 3.57. The molecular formula is C16H22ClN3O3. The van der Waals surface area contributed by atoms with E-state index in [2.05, 4.69) is 28.9 Å². The largest absolute Gasteiger partial charge is 0.434 e. The van der Waals surface area contributed by atoms with Gasteiger partial charge in [-0.15, -0.1) is 0 Å². The second-order valence-electron chi connectivity index (χ2n) is 5.21. The van der Waals surface area contributed by atoms with Crippen molar-refractivity contribution in [1.82, 2.24) is 9.88 Å². The molecule has 1 aromatic carbocycles. The summed E-state index contributed by atoms with van der Waals surface area (Å²) >= 11 is 6.02. The fraction of sp³-hybridized carbons (Fsp3) is 0.500. The zero-order valence-corrected chi connectivity index (χ0v) is 14.2. The number of likely N-dealkylation sites (N-methyl/N-ethyl adjacent to an activating group) is 1. The molecule has 2 rings (SSSR count). The topological polar surface area (TPSA) is 71.1 Å². The first-order chi connectivity index (χ1) is 11.1. The fourth-order valence-electron chi connectivity index (χ4n) is 2.22. The van der Waals surface area contributed by atoms with Gasteiger partial charge in [-0.2, -0.15) is 0 Å². The number of nitrogens with zero attached hydrogens (tertiary/aromatic N) is 3. The molecule has 0 saturated heterocycles. The van der Waals surface area contributed by atoms with Crippen molar-refractivity contribution in [3.8, 4) is 0 Å². The lowest BCUT2D eigenvalue weighted by Gasteiger charge is -2.22. The molecule has 0 bridgehead atoms. The molecule has 0 aliphatic heterocycles. The van der Waals surface area contributed by atoms with Gasteiger partial charge in [0.1, 0.15) is 18.2 Å². The van der Waals surface area contributed by atoms with Gasteiger partial charge in [0.05, 0.1) is 0 Å². The Hall–Kier alpha value is -1.63. The third kappa shape index (κ3) is 5.20. The molecule has 2 aromatic rings. The van der Waals surface area contributed by atoms with Gasteiger partial charge in [-0.3, -0.25) is 0 Å². The first-order valence-electron chi connectivity index (χ1n) is 7.75. The summed E-state index contributed by atoms with van der Waals surface area (Å²) in [5.74, 6) is 0.198. The molecule has 1 unspecified atom stereocenters. The van der Waals surface area contributed by atoms with E-state index in [9.17, 15) is 5.11 Å². The molecule has 23 heavy (non-hydrogen) atoms. The highest BCUT2D eigenvalue weighted by Gasteiger charge is 2.13. The summed E-state index contributed by atoms with van der Waals surface area (Å²) in [6, 6.07) is 7.34. The molecule has 1 aromatic heterocycles. The van der Waals surface area contributed by atoms with E-state index in [0.29, 0.717) is 17.6 Å². The van der Waals surface area contributed by atoms with Crippen molar-refractivity contribution in [2.24, 2.45) is 5.16 Å². The minimum atomic E-state index is -0.627. The highest BCUT2D eigenvalue weighted by Crippen LogP contribution is 2.16. The summed E-state index contributed by atoms with van der Waals surface area (Å²) in [7, 11) is 0. The number of halogens is 1. The molecule has 126 valence electrons. The molecular weight excluding hydrogens is 318 g/mol. The summed E-state index contributed by atoms with van der Waals surface area (Å²) in [6.45, 7) is 6.61. The second kappa shape index (κ2) is 8.86. The number of oxime groups is 1. The Bertz CT molecular complexity index is 611. The maximum atomic E-state index is 9.96. The van der Waals surface area contributed by atoms with Crippen LogP contribution in [0.1, 0.15) is 26.2 Å². The SMILES string of the molecule is CCCN(CC)CC(O)CO/N=C(\Cl)c1nc2ccccc2o1. The Kier molecular flexibility index (Phi) is 6.83. The lowest BCUT2D eigenvalue weighted by Crippen LogP contribution is -2.35. The van der Waals surface area contributed by atoms with E-state index in [0.717, 1.165) is 19.5 Å². The maximum absolute atomic E-state index is 9.96. The number of oxazole rings is 1. The Morgan fingerprint density at radius 1 is 1.43 bits per heavy atom. The molecule has 0 aliphatic carbocycles. The summed E-state index contributed by atoms with van der Waals surface area (Å²) in [5.41, 5.74) is 1.34. The quantitative estimate of drug-likeness (QED) is 0.562. The molecule has 0 amide bonds. The van der Waals surface area contributed by atoms with Crippen LogP contribution in [-0.4, -0.2) is 52.5 Å². The van der Waals surface area contributed by atoms with Crippen LogP contribution in [0.4, 0.5) is 0 Å². The van der Waals surface area contributed by atoms with Gasteiger partial charge >= 0.3 is 0 Å². The Labute approximate surface area is 140 Å². The Morgan fingerprint density at radius 2 is 2.22 bits per heavy atom. The summed E-state index contributed by atoms with van der Waals surface area (Å²) in [6.07, 6.45) is 0.418. The Balaban J connectivity index is 1.86. The van der Waals surface area contributed by atoms with Crippen LogP contribution in [0.5, 0.6) is 0 Å². The lowest BCUT2D eigenvalue weighted by molar-refractivity contribution is 0.0201. The Morgan fingerprint density at radius 3 is 2.91 bits per heavy atom.